The Labute approximate surface area is 123 Å². The lowest BCUT2D eigenvalue weighted by atomic mass is 9.98. The molecule has 1 fully saturated rings. The van der Waals surface area contributed by atoms with Gasteiger partial charge in [0.1, 0.15) is 0 Å². The number of aliphatic hydroxyl groups excluding tert-OH is 1. The van der Waals surface area contributed by atoms with E-state index in [0.717, 1.165) is 37.9 Å². The summed E-state index contributed by atoms with van der Waals surface area (Å²) < 4.78 is 5.61. The topological polar surface area (TPSA) is 29.5 Å². The summed E-state index contributed by atoms with van der Waals surface area (Å²) in [6.45, 7) is 5.38. The second kappa shape index (κ2) is 7.80. The van der Waals surface area contributed by atoms with Gasteiger partial charge in [-0.2, -0.15) is 0 Å². The van der Waals surface area contributed by atoms with Gasteiger partial charge in [-0.3, -0.25) is 0 Å². The van der Waals surface area contributed by atoms with E-state index in [-0.39, 0.29) is 6.10 Å². The van der Waals surface area contributed by atoms with Crippen molar-refractivity contribution < 1.29 is 9.84 Å². The molecule has 0 aliphatic carbocycles. The van der Waals surface area contributed by atoms with Crippen molar-refractivity contribution in [2.75, 3.05) is 6.61 Å². The fraction of sp³-hybridized carbons (Fsp3) is 0.667. The average Bonchev–Trinajstić information content (AvgIpc) is 2.92. The molecule has 20 heavy (non-hydrogen) atoms. The smallest absolute Gasteiger partial charge is 0.0790 e. The molecule has 1 heterocycles. The highest BCUT2D eigenvalue weighted by Gasteiger charge is 2.16. The number of rotatable bonds is 7. The first kappa shape index (κ1) is 15.5. The quantitative estimate of drug-likeness (QED) is 0.806. The van der Waals surface area contributed by atoms with Crippen LogP contribution < -0.4 is 0 Å². The molecule has 1 aromatic rings. The van der Waals surface area contributed by atoms with E-state index in [4.69, 9.17) is 4.74 Å². The van der Waals surface area contributed by atoms with Crippen LogP contribution in [0, 0.1) is 5.92 Å². The van der Waals surface area contributed by atoms with Crippen LogP contribution in [0.4, 0.5) is 0 Å². The van der Waals surface area contributed by atoms with Crippen molar-refractivity contribution in [2.24, 2.45) is 5.92 Å². The molecule has 112 valence electrons. The van der Waals surface area contributed by atoms with Gasteiger partial charge < -0.3 is 9.84 Å². The molecule has 1 aromatic carbocycles. The SMILES string of the molecule is CC(C)Cc1ccc(C(O)CCCC2CCCO2)cc1. The average molecular weight is 276 g/mol. The van der Waals surface area contributed by atoms with Crippen molar-refractivity contribution in [1.82, 2.24) is 0 Å². The Kier molecular flexibility index (Phi) is 6.06. The van der Waals surface area contributed by atoms with Gasteiger partial charge in [0.25, 0.3) is 0 Å². The zero-order chi connectivity index (χ0) is 14.4. The second-order valence-electron chi connectivity index (χ2n) is 6.42. The van der Waals surface area contributed by atoms with Crippen LogP contribution in [0.5, 0.6) is 0 Å². The van der Waals surface area contributed by atoms with E-state index in [1.54, 1.807) is 0 Å². The van der Waals surface area contributed by atoms with E-state index in [1.807, 2.05) is 0 Å². The lowest BCUT2D eigenvalue weighted by Crippen LogP contribution is -2.06. The Morgan fingerprint density at radius 1 is 1.25 bits per heavy atom. The summed E-state index contributed by atoms with van der Waals surface area (Å²) in [5.74, 6) is 0.678. The molecule has 2 nitrogen and oxygen atoms in total. The summed E-state index contributed by atoms with van der Waals surface area (Å²) >= 11 is 0. The maximum Gasteiger partial charge on any atom is 0.0790 e. The minimum atomic E-state index is -0.329. The monoisotopic (exact) mass is 276 g/mol. The Hall–Kier alpha value is -0.860. The molecule has 2 heteroatoms. The third-order valence-electron chi connectivity index (χ3n) is 4.04. The number of hydrogen-bond donors (Lipinski definition) is 1. The predicted molar refractivity (Wildman–Crippen MR) is 82.8 cm³/mol. The normalized spacial score (nSPS) is 20.5. The van der Waals surface area contributed by atoms with E-state index in [9.17, 15) is 5.11 Å². The molecule has 0 radical (unpaired) electrons. The fourth-order valence-corrected chi connectivity index (χ4v) is 2.92. The third kappa shape index (κ3) is 4.92. The Balaban J connectivity index is 1.75. The van der Waals surface area contributed by atoms with Gasteiger partial charge in [0, 0.05) is 6.61 Å². The molecule has 2 rings (SSSR count). The van der Waals surface area contributed by atoms with Crippen molar-refractivity contribution in [3.63, 3.8) is 0 Å². The van der Waals surface area contributed by atoms with Crippen molar-refractivity contribution in [1.29, 1.82) is 0 Å². The zero-order valence-electron chi connectivity index (χ0n) is 12.8. The van der Waals surface area contributed by atoms with Gasteiger partial charge in [-0.25, -0.2) is 0 Å². The van der Waals surface area contributed by atoms with Gasteiger partial charge in [0.05, 0.1) is 12.2 Å². The van der Waals surface area contributed by atoms with Crippen LogP contribution in [0.2, 0.25) is 0 Å². The minimum Gasteiger partial charge on any atom is -0.388 e. The molecular weight excluding hydrogens is 248 g/mol. The summed E-state index contributed by atoms with van der Waals surface area (Å²) in [5.41, 5.74) is 2.40. The molecule has 1 aliphatic heterocycles. The van der Waals surface area contributed by atoms with Crippen molar-refractivity contribution >= 4 is 0 Å². The van der Waals surface area contributed by atoms with Gasteiger partial charge in [-0.1, -0.05) is 38.1 Å². The predicted octanol–water partition coefficient (Wildman–Crippen LogP) is 4.27. The first-order valence-corrected chi connectivity index (χ1v) is 8.03. The van der Waals surface area contributed by atoms with E-state index in [2.05, 4.69) is 38.1 Å². The van der Waals surface area contributed by atoms with Crippen LogP contribution in [-0.4, -0.2) is 17.8 Å². The molecule has 2 unspecified atom stereocenters. The molecule has 0 amide bonds. The van der Waals surface area contributed by atoms with Crippen LogP contribution in [-0.2, 0) is 11.2 Å². The molecule has 2 atom stereocenters. The van der Waals surface area contributed by atoms with Crippen molar-refractivity contribution in [3.8, 4) is 0 Å². The van der Waals surface area contributed by atoms with Gasteiger partial charge in [0.15, 0.2) is 0 Å². The maximum atomic E-state index is 10.2. The van der Waals surface area contributed by atoms with E-state index < -0.39 is 0 Å². The molecule has 1 aliphatic rings. The number of benzene rings is 1. The number of hydrogen-bond acceptors (Lipinski definition) is 2. The summed E-state index contributed by atoms with van der Waals surface area (Å²) in [6, 6.07) is 8.46. The van der Waals surface area contributed by atoms with Crippen molar-refractivity contribution in [2.45, 2.75) is 64.6 Å². The molecule has 0 saturated carbocycles. The van der Waals surface area contributed by atoms with Crippen molar-refractivity contribution in [3.05, 3.63) is 35.4 Å². The first-order valence-electron chi connectivity index (χ1n) is 8.03. The van der Waals surface area contributed by atoms with Crippen LogP contribution in [0.15, 0.2) is 24.3 Å². The zero-order valence-corrected chi connectivity index (χ0v) is 12.8. The minimum absolute atomic E-state index is 0.329. The van der Waals surface area contributed by atoms with Crippen LogP contribution in [0.1, 0.15) is 63.2 Å². The third-order valence-corrected chi connectivity index (χ3v) is 4.04. The molecule has 0 bridgehead atoms. The summed E-state index contributed by atoms with van der Waals surface area (Å²) in [6.07, 6.45) is 6.57. The highest BCUT2D eigenvalue weighted by atomic mass is 16.5. The summed E-state index contributed by atoms with van der Waals surface area (Å²) in [4.78, 5) is 0. The number of aliphatic hydroxyl groups is 1. The summed E-state index contributed by atoms with van der Waals surface area (Å²) in [5, 5.41) is 10.2. The lowest BCUT2D eigenvalue weighted by molar-refractivity contribution is 0.0945. The lowest BCUT2D eigenvalue weighted by Gasteiger charge is -2.14. The molecular formula is C18H28O2. The van der Waals surface area contributed by atoms with E-state index in [1.165, 1.54) is 18.4 Å². The maximum absolute atomic E-state index is 10.2. The Morgan fingerprint density at radius 2 is 2.00 bits per heavy atom. The molecule has 0 spiro atoms. The molecule has 0 aromatic heterocycles. The summed E-state index contributed by atoms with van der Waals surface area (Å²) in [7, 11) is 0. The van der Waals surface area contributed by atoms with Crippen LogP contribution >= 0.6 is 0 Å². The molecule has 1 N–H and O–H groups in total. The molecule has 1 saturated heterocycles. The highest BCUT2D eigenvalue weighted by Crippen LogP contribution is 2.23. The van der Waals surface area contributed by atoms with Crippen LogP contribution in [0.3, 0.4) is 0 Å². The first-order chi connectivity index (χ1) is 9.65. The van der Waals surface area contributed by atoms with Gasteiger partial charge in [-0.15, -0.1) is 0 Å². The van der Waals surface area contributed by atoms with Gasteiger partial charge in [-0.05, 0) is 55.6 Å². The second-order valence-corrected chi connectivity index (χ2v) is 6.42. The standard InChI is InChI=1S/C18H28O2/c1-14(2)13-15-8-10-16(11-9-15)18(19)7-3-5-17-6-4-12-20-17/h8-11,14,17-19H,3-7,12-13H2,1-2H3. The van der Waals surface area contributed by atoms with Gasteiger partial charge >= 0.3 is 0 Å². The Morgan fingerprint density at radius 3 is 2.60 bits per heavy atom. The van der Waals surface area contributed by atoms with Gasteiger partial charge in [0.2, 0.25) is 0 Å². The Bertz CT molecular complexity index is 377. The van der Waals surface area contributed by atoms with Crippen LogP contribution in [0.25, 0.3) is 0 Å². The largest absolute Gasteiger partial charge is 0.388 e. The van der Waals surface area contributed by atoms with E-state index in [0.29, 0.717) is 12.0 Å². The van der Waals surface area contributed by atoms with E-state index >= 15 is 0 Å². The highest BCUT2D eigenvalue weighted by molar-refractivity contribution is 5.24. The number of ether oxygens (including phenoxy) is 1. The fourth-order valence-electron chi connectivity index (χ4n) is 2.92.